The van der Waals surface area contributed by atoms with Gasteiger partial charge in [-0.05, 0) is 26.1 Å². The lowest BCUT2D eigenvalue weighted by molar-refractivity contribution is 0.469. The Hall–Kier alpha value is -1.42. The Balaban J connectivity index is 2.44. The summed E-state index contributed by atoms with van der Waals surface area (Å²) in [5.74, 6) is 0.710. The van der Waals surface area contributed by atoms with Gasteiger partial charge in [-0.15, -0.1) is 0 Å². The molecular weight excluding hydrogens is 166 g/mol. The van der Waals surface area contributed by atoms with Crippen LogP contribution in [0.25, 0.3) is 6.08 Å². The van der Waals surface area contributed by atoms with E-state index in [0.29, 0.717) is 5.82 Å². The van der Waals surface area contributed by atoms with E-state index < -0.39 is 0 Å². The second kappa shape index (κ2) is 5.27. The van der Waals surface area contributed by atoms with Crippen LogP contribution in [0.15, 0.2) is 18.5 Å². The van der Waals surface area contributed by atoms with Crippen LogP contribution in [0.5, 0.6) is 5.75 Å². The van der Waals surface area contributed by atoms with Crippen LogP contribution >= 0.6 is 0 Å². The predicted octanol–water partition coefficient (Wildman–Crippen LogP) is 0.805. The quantitative estimate of drug-likeness (QED) is 0.671. The van der Waals surface area contributed by atoms with Gasteiger partial charge in [-0.2, -0.15) is 0 Å². The first-order chi connectivity index (χ1) is 6.33. The van der Waals surface area contributed by atoms with Crippen molar-refractivity contribution >= 4 is 6.08 Å². The minimum atomic E-state index is 0.0902. The zero-order valence-corrected chi connectivity index (χ0v) is 7.57. The fraction of sp³-hybridized carbons (Fsp3) is 0.333. The van der Waals surface area contributed by atoms with E-state index in [2.05, 4.69) is 15.3 Å². The average Bonchev–Trinajstić information content (AvgIpc) is 2.15. The maximum absolute atomic E-state index is 8.91. The van der Waals surface area contributed by atoms with Crippen molar-refractivity contribution in [2.24, 2.45) is 0 Å². The Kier molecular flexibility index (Phi) is 3.92. The van der Waals surface area contributed by atoms with E-state index in [-0.39, 0.29) is 5.75 Å². The monoisotopic (exact) mass is 179 g/mol. The number of aromatic hydroxyl groups is 1. The molecule has 1 aromatic rings. The Bertz CT molecular complexity index is 269. The van der Waals surface area contributed by atoms with E-state index >= 15 is 0 Å². The molecule has 0 amide bonds. The van der Waals surface area contributed by atoms with Gasteiger partial charge in [-0.3, -0.25) is 0 Å². The molecule has 0 fully saturated rings. The van der Waals surface area contributed by atoms with E-state index in [4.69, 9.17) is 5.11 Å². The standard InChI is InChI=1S/C9H13N3O/c1-10-5-3-2-4-9-11-6-8(13)7-12-9/h2,4,6-7,10,13H,3,5H2,1H3. The van der Waals surface area contributed by atoms with Gasteiger partial charge in [0.25, 0.3) is 0 Å². The Morgan fingerprint density at radius 3 is 2.77 bits per heavy atom. The molecule has 0 atom stereocenters. The van der Waals surface area contributed by atoms with Gasteiger partial charge in [0.2, 0.25) is 0 Å². The van der Waals surface area contributed by atoms with Crippen LogP contribution in [0.1, 0.15) is 12.2 Å². The van der Waals surface area contributed by atoms with Crippen molar-refractivity contribution in [3.8, 4) is 5.75 Å². The minimum Gasteiger partial charge on any atom is -0.505 e. The van der Waals surface area contributed by atoms with Crippen LogP contribution in [0.2, 0.25) is 0 Å². The topological polar surface area (TPSA) is 58.0 Å². The molecule has 70 valence electrons. The molecule has 0 aliphatic heterocycles. The molecular formula is C9H13N3O. The SMILES string of the molecule is CNCCC=Cc1ncc(O)cn1. The highest BCUT2D eigenvalue weighted by atomic mass is 16.3. The molecule has 1 aromatic heterocycles. The van der Waals surface area contributed by atoms with Crippen molar-refractivity contribution in [2.75, 3.05) is 13.6 Å². The molecule has 0 aliphatic carbocycles. The fourth-order valence-electron chi connectivity index (χ4n) is 0.834. The number of aromatic nitrogens is 2. The van der Waals surface area contributed by atoms with Gasteiger partial charge >= 0.3 is 0 Å². The summed E-state index contributed by atoms with van der Waals surface area (Å²) in [6, 6.07) is 0. The van der Waals surface area contributed by atoms with Gasteiger partial charge in [0.05, 0.1) is 12.4 Å². The van der Waals surface area contributed by atoms with Crippen molar-refractivity contribution in [1.82, 2.24) is 15.3 Å². The molecule has 0 aromatic carbocycles. The summed E-state index contributed by atoms with van der Waals surface area (Å²) < 4.78 is 0. The molecule has 0 bridgehead atoms. The first-order valence-corrected chi connectivity index (χ1v) is 4.15. The normalized spacial score (nSPS) is 10.8. The van der Waals surface area contributed by atoms with Crippen LogP contribution in [0, 0.1) is 0 Å². The number of nitrogens with zero attached hydrogens (tertiary/aromatic N) is 2. The largest absolute Gasteiger partial charge is 0.505 e. The highest BCUT2D eigenvalue weighted by molar-refractivity contribution is 5.39. The molecule has 13 heavy (non-hydrogen) atoms. The molecule has 0 aliphatic rings. The van der Waals surface area contributed by atoms with Gasteiger partial charge in [-0.1, -0.05) is 6.08 Å². The maximum atomic E-state index is 8.91. The predicted molar refractivity (Wildman–Crippen MR) is 51.3 cm³/mol. The zero-order chi connectivity index (χ0) is 9.52. The molecule has 4 heteroatoms. The Labute approximate surface area is 77.3 Å². The Morgan fingerprint density at radius 2 is 2.15 bits per heavy atom. The van der Waals surface area contributed by atoms with Crippen LogP contribution < -0.4 is 5.32 Å². The van der Waals surface area contributed by atoms with E-state index in [1.807, 2.05) is 19.2 Å². The third kappa shape index (κ3) is 3.66. The van der Waals surface area contributed by atoms with Crippen LogP contribution in [0.4, 0.5) is 0 Å². The molecule has 0 saturated heterocycles. The van der Waals surface area contributed by atoms with Gasteiger partial charge in [0.1, 0.15) is 0 Å². The van der Waals surface area contributed by atoms with E-state index in [1.54, 1.807) is 0 Å². The van der Waals surface area contributed by atoms with Crippen molar-refractivity contribution in [1.29, 1.82) is 0 Å². The van der Waals surface area contributed by atoms with Gasteiger partial charge in [-0.25, -0.2) is 9.97 Å². The van der Waals surface area contributed by atoms with Crippen molar-refractivity contribution in [2.45, 2.75) is 6.42 Å². The molecule has 1 heterocycles. The number of nitrogens with one attached hydrogen (secondary N) is 1. The summed E-state index contributed by atoms with van der Waals surface area (Å²) in [6.07, 6.45) is 7.52. The number of rotatable bonds is 4. The summed E-state index contributed by atoms with van der Waals surface area (Å²) >= 11 is 0. The average molecular weight is 179 g/mol. The summed E-state index contributed by atoms with van der Waals surface area (Å²) in [6.45, 7) is 0.939. The lowest BCUT2D eigenvalue weighted by Crippen LogP contribution is -2.05. The zero-order valence-electron chi connectivity index (χ0n) is 7.57. The smallest absolute Gasteiger partial charge is 0.152 e. The number of hydrogen-bond donors (Lipinski definition) is 2. The van der Waals surface area contributed by atoms with Crippen molar-refractivity contribution in [3.05, 3.63) is 24.3 Å². The number of hydrogen-bond acceptors (Lipinski definition) is 4. The lowest BCUT2D eigenvalue weighted by Gasteiger charge is -1.93. The molecule has 2 N–H and O–H groups in total. The highest BCUT2D eigenvalue weighted by Crippen LogP contribution is 2.03. The lowest BCUT2D eigenvalue weighted by atomic mass is 10.3. The molecule has 0 saturated carbocycles. The summed E-state index contributed by atoms with van der Waals surface area (Å²) in [7, 11) is 1.91. The minimum absolute atomic E-state index is 0.0902. The van der Waals surface area contributed by atoms with E-state index in [1.165, 1.54) is 12.4 Å². The van der Waals surface area contributed by atoms with E-state index in [9.17, 15) is 0 Å². The van der Waals surface area contributed by atoms with Crippen molar-refractivity contribution < 1.29 is 5.11 Å². The van der Waals surface area contributed by atoms with Crippen LogP contribution in [0.3, 0.4) is 0 Å². The Morgan fingerprint density at radius 1 is 1.46 bits per heavy atom. The third-order valence-corrected chi connectivity index (χ3v) is 1.49. The van der Waals surface area contributed by atoms with Crippen LogP contribution in [-0.2, 0) is 0 Å². The second-order valence-electron chi connectivity index (χ2n) is 2.59. The van der Waals surface area contributed by atoms with Gasteiger partial charge < -0.3 is 10.4 Å². The summed E-state index contributed by atoms with van der Waals surface area (Å²) in [5.41, 5.74) is 0. The molecule has 0 radical (unpaired) electrons. The molecule has 4 nitrogen and oxygen atoms in total. The van der Waals surface area contributed by atoms with Gasteiger partial charge in [0.15, 0.2) is 11.6 Å². The van der Waals surface area contributed by atoms with E-state index in [0.717, 1.165) is 13.0 Å². The second-order valence-corrected chi connectivity index (χ2v) is 2.59. The first kappa shape index (κ1) is 9.67. The summed E-state index contributed by atoms with van der Waals surface area (Å²) in [5, 5.41) is 11.9. The highest BCUT2D eigenvalue weighted by Gasteiger charge is 1.89. The molecule has 0 unspecified atom stereocenters. The fourth-order valence-corrected chi connectivity index (χ4v) is 0.834. The first-order valence-electron chi connectivity index (χ1n) is 4.15. The molecule has 1 rings (SSSR count). The molecule has 0 spiro atoms. The van der Waals surface area contributed by atoms with Gasteiger partial charge in [0, 0.05) is 0 Å². The maximum Gasteiger partial charge on any atom is 0.152 e. The third-order valence-electron chi connectivity index (χ3n) is 1.49. The van der Waals surface area contributed by atoms with Crippen molar-refractivity contribution in [3.63, 3.8) is 0 Å². The van der Waals surface area contributed by atoms with Crippen LogP contribution in [-0.4, -0.2) is 28.7 Å². The summed E-state index contributed by atoms with van der Waals surface area (Å²) in [4.78, 5) is 7.82.